The largest absolute Gasteiger partial charge is 0.464 e. The van der Waals surface area contributed by atoms with Gasteiger partial charge in [-0.25, -0.2) is 0 Å². The second kappa shape index (κ2) is 6.85. The molecule has 0 spiro atoms. The molecular weight excluding hydrogens is 204 g/mol. The summed E-state index contributed by atoms with van der Waals surface area (Å²) in [4.78, 5) is 11.7. The zero-order valence-electron chi connectivity index (χ0n) is 10.1. The molecule has 0 aromatic rings. The highest BCUT2D eigenvalue weighted by molar-refractivity contribution is 5.79. The molecule has 0 saturated heterocycles. The van der Waals surface area contributed by atoms with Crippen LogP contribution in [0.3, 0.4) is 0 Å². The standard InChI is InChI=1S/C12H18N2O2/c1-4-10(2)8-16-11(15)12(3,9-14)6-5-7-13/h10H,4-6,8H2,1-3H3. The number of esters is 1. The van der Waals surface area contributed by atoms with Crippen LogP contribution in [-0.2, 0) is 9.53 Å². The van der Waals surface area contributed by atoms with Crippen molar-refractivity contribution in [2.75, 3.05) is 6.61 Å². The van der Waals surface area contributed by atoms with E-state index in [0.717, 1.165) is 6.42 Å². The Hall–Kier alpha value is -1.55. The van der Waals surface area contributed by atoms with Crippen LogP contribution in [0.1, 0.15) is 40.0 Å². The van der Waals surface area contributed by atoms with Gasteiger partial charge in [0.25, 0.3) is 0 Å². The normalized spacial score (nSPS) is 15.3. The van der Waals surface area contributed by atoms with E-state index in [4.69, 9.17) is 15.3 Å². The lowest BCUT2D eigenvalue weighted by atomic mass is 9.87. The average molecular weight is 222 g/mol. The third-order valence-corrected chi connectivity index (χ3v) is 2.63. The predicted octanol–water partition coefficient (Wildman–Crippen LogP) is 2.41. The first-order valence-electron chi connectivity index (χ1n) is 5.45. The van der Waals surface area contributed by atoms with Gasteiger partial charge in [-0.05, 0) is 19.3 Å². The van der Waals surface area contributed by atoms with Crippen LogP contribution >= 0.6 is 0 Å². The molecule has 0 aliphatic carbocycles. The lowest BCUT2D eigenvalue weighted by molar-refractivity contribution is -0.153. The number of nitriles is 2. The van der Waals surface area contributed by atoms with Crippen LogP contribution in [0.4, 0.5) is 0 Å². The van der Waals surface area contributed by atoms with Crippen molar-refractivity contribution in [3.8, 4) is 12.1 Å². The maximum atomic E-state index is 11.7. The van der Waals surface area contributed by atoms with E-state index in [1.54, 1.807) is 0 Å². The number of nitrogens with zero attached hydrogens (tertiary/aromatic N) is 2. The van der Waals surface area contributed by atoms with E-state index < -0.39 is 11.4 Å². The van der Waals surface area contributed by atoms with Gasteiger partial charge >= 0.3 is 5.97 Å². The Labute approximate surface area is 96.8 Å². The number of hydrogen-bond acceptors (Lipinski definition) is 4. The molecule has 4 nitrogen and oxygen atoms in total. The van der Waals surface area contributed by atoms with Gasteiger partial charge in [0.2, 0.25) is 0 Å². The van der Waals surface area contributed by atoms with Crippen LogP contribution in [0.25, 0.3) is 0 Å². The molecule has 16 heavy (non-hydrogen) atoms. The minimum atomic E-state index is -1.19. The van der Waals surface area contributed by atoms with Gasteiger partial charge in [0, 0.05) is 6.42 Å². The van der Waals surface area contributed by atoms with Gasteiger partial charge in [0.1, 0.15) is 0 Å². The summed E-state index contributed by atoms with van der Waals surface area (Å²) in [5.74, 6) is -0.228. The van der Waals surface area contributed by atoms with Gasteiger partial charge < -0.3 is 4.74 Å². The van der Waals surface area contributed by atoms with Crippen molar-refractivity contribution in [1.82, 2.24) is 0 Å². The van der Waals surface area contributed by atoms with E-state index in [0.29, 0.717) is 12.5 Å². The molecule has 0 bridgehead atoms. The minimum absolute atomic E-state index is 0.183. The van der Waals surface area contributed by atoms with Gasteiger partial charge in [0.05, 0.1) is 18.7 Å². The first-order chi connectivity index (χ1) is 7.50. The molecule has 0 amide bonds. The van der Waals surface area contributed by atoms with Gasteiger partial charge in [0.15, 0.2) is 5.41 Å². The molecule has 0 N–H and O–H groups in total. The highest BCUT2D eigenvalue weighted by Crippen LogP contribution is 2.24. The topological polar surface area (TPSA) is 73.9 Å². The first-order valence-corrected chi connectivity index (χ1v) is 5.45. The minimum Gasteiger partial charge on any atom is -0.464 e. The Balaban J connectivity index is 4.32. The third kappa shape index (κ3) is 4.31. The number of carbonyl (C=O) groups is 1. The molecule has 0 aromatic carbocycles. The highest BCUT2D eigenvalue weighted by atomic mass is 16.5. The van der Waals surface area contributed by atoms with Crippen LogP contribution < -0.4 is 0 Å². The van der Waals surface area contributed by atoms with E-state index in [2.05, 4.69) is 0 Å². The highest BCUT2D eigenvalue weighted by Gasteiger charge is 2.34. The summed E-state index contributed by atoms with van der Waals surface area (Å²) in [5.41, 5.74) is -1.19. The van der Waals surface area contributed by atoms with E-state index >= 15 is 0 Å². The van der Waals surface area contributed by atoms with Crippen molar-refractivity contribution in [3.63, 3.8) is 0 Å². The lowest BCUT2D eigenvalue weighted by Crippen LogP contribution is -2.29. The van der Waals surface area contributed by atoms with Crippen molar-refractivity contribution in [1.29, 1.82) is 10.5 Å². The molecule has 4 heteroatoms. The van der Waals surface area contributed by atoms with Crippen molar-refractivity contribution >= 4 is 5.97 Å². The molecule has 0 heterocycles. The monoisotopic (exact) mass is 222 g/mol. The zero-order chi connectivity index (χ0) is 12.6. The fourth-order valence-electron chi connectivity index (χ4n) is 1.00. The SMILES string of the molecule is CCC(C)COC(=O)C(C)(C#N)CCC#N. The Bertz CT molecular complexity index is 314. The Morgan fingerprint density at radius 2 is 2.12 bits per heavy atom. The molecule has 0 saturated carbocycles. The Kier molecular flexibility index (Phi) is 6.18. The van der Waals surface area contributed by atoms with E-state index in [1.165, 1.54) is 6.92 Å². The number of rotatable bonds is 6. The van der Waals surface area contributed by atoms with Gasteiger partial charge in [-0.15, -0.1) is 0 Å². The summed E-state index contributed by atoms with van der Waals surface area (Å²) in [6.45, 7) is 5.84. The second-order valence-electron chi connectivity index (χ2n) is 4.21. The quantitative estimate of drug-likeness (QED) is 0.647. The van der Waals surface area contributed by atoms with Crippen LogP contribution in [0.15, 0.2) is 0 Å². The van der Waals surface area contributed by atoms with Crippen molar-refractivity contribution < 1.29 is 9.53 Å². The third-order valence-electron chi connectivity index (χ3n) is 2.63. The molecule has 0 aromatic heterocycles. The Morgan fingerprint density at radius 1 is 1.50 bits per heavy atom. The van der Waals surface area contributed by atoms with Gasteiger partial charge in [-0.1, -0.05) is 20.3 Å². The number of hydrogen-bond donors (Lipinski definition) is 0. The summed E-state index contributed by atoms with van der Waals surface area (Å²) < 4.78 is 5.08. The van der Waals surface area contributed by atoms with Crippen molar-refractivity contribution in [3.05, 3.63) is 0 Å². The molecular formula is C12H18N2O2. The van der Waals surface area contributed by atoms with Crippen LogP contribution in [-0.4, -0.2) is 12.6 Å². The maximum Gasteiger partial charge on any atom is 0.326 e. The molecule has 2 atom stereocenters. The molecule has 0 fully saturated rings. The summed E-state index contributed by atoms with van der Waals surface area (Å²) in [7, 11) is 0. The smallest absolute Gasteiger partial charge is 0.326 e. The molecule has 0 radical (unpaired) electrons. The van der Waals surface area contributed by atoms with E-state index in [1.807, 2.05) is 26.0 Å². The van der Waals surface area contributed by atoms with Gasteiger partial charge in [-0.2, -0.15) is 10.5 Å². The fourth-order valence-corrected chi connectivity index (χ4v) is 1.00. The summed E-state index contributed by atoms with van der Waals surface area (Å²) in [5, 5.41) is 17.4. The van der Waals surface area contributed by atoms with Crippen LogP contribution in [0.2, 0.25) is 0 Å². The first kappa shape index (κ1) is 14.5. The lowest BCUT2D eigenvalue weighted by Gasteiger charge is -2.19. The Morgan fingerprint density at radius 3 is 2.56 bits per heavy atom. The summed E-state index contributed by atoms with van der Waals surface area (Å²) in [6, 6.07) is 3.86. The average Bonchev–Trinajstić information content (AvgIpc) is 2.32. The number of carbonyl (C=O) groups excluding carboxylic acids is 1. The van der Waals surface area contributed by atoms with E-state index in [9.17, 15) is 4.79 Å². The zero-order valence-corrected chi connectivity index (χ0v) is 10.1. The molecule has 0 aliphatic rings. The number of ether oxygens (including phenoxy) is 1. The van der Waals surface area contributed by atoms with Crippen LogP contribution in [0.5, 0.6) is 0 Å². The van der Waals surface area contributed by atoms with Crippen molar-refractivity contribution in [2.24, 2.45) is 11.3 Å². The molecule has 2 unspecified atom stereocenters. The summed E-state index contributed by atoms with van der Waals surface area (Å²) >= 11 is 0. The second-order valence-corrected chi connectivity index (χ2v) is 4.21. The molecule has 0 aliphatic heterocycles. The summed E-state index contributed by atoms with van der Waals surface area (Å²) in [6.07, 6.45) is 1.33. The van der Waals surface area contributed by atoms with Crippen molar-refractivity contribution in [2.45, 2.75) is 40.0 Å². The molecule has 0 rings (SSSR count). The van der Waals surface area contributed by atoms with E-state index in [-0.39, 0.29) is 12.8 Å². The van der Waals surface area contributed by atoms with Gasteiger partial charge in [-0.3, -0.25) is 4.79 Å². The fraction of sp³-hybridized carbons (Fsp3) is 0.750. The maximum absolute atomic E-state index is 11.7. The predicted molar refractivity (Wildman–Crippen MR) is 59.0 cm³/mol. The molecule has 88 valence electrons. The van der Waals surface area contributed by atoms with Crippen LogP contribution in [0, 0.1) is 34.0 Å².